The van der Waals surface area contributed by atoms with E-state index in [1.165, 1.54) is 4.90 Å². The van der Waals surface area contributed by atoms with Gasteiger partial charge in [-0.3, -0.25) is 14.5 Å². The lowest BCUT2D eigenvalue weighted by Gasteiger charge is -2.21. The fourth-order valence-corrected chi connectivity index (χ4v) is 4.22. The van der Waals surface area contributed by atoms with E-state index in [4.69, 9.17) is 9.47 Å². The molecule has 0 atom stereocenters. The lowest BCUT2D eigenvalue weighted by molar-refractivity contribution is -0.137. The number of anilines is 1. The molecule has 34 heavy (non-hydrogen) atoms. The Morgan fingerprint density at radius 1 is 0.853 bits per heavy atom. The van der Waals surface area contributed by atoms with Crippen molar-refractivity contribution < 1.29 is 19.1 Å². The van der Waals surface area contributed by atoms with Crippen LogP contribution in [0.3, 0.4) is 0 Å². The molecule has 0 bridgehead atoms. The number of imide groups is 1. The summed E-state index contributed by atoms with van der Waals surface area (Å²) in [6.45, 7) is 4.34. The van der Waals surface area contributed by atoms with Gasteiger partial charge in [-0.2, -0.15) is 0 Å². The number of hydrogen-bond acceptors (Lipinski definition) is 5. The smallest absolute Gasteiger partial charge is 0.278 e. The highest BCUT2D eigenvalue weighted by molar-refractivity contribution is 6.37. The Labute approximate surface area is 200 Å². The first-order chi connectivity index (χ1) is 16.4. The quantitative estimate of drug-likeness (QED) is 0.464. The topological polar surface area (TPSA) is 59.1 Å². The van der Waals surface area contributed by atoms with Crippen molar-refractivity contribution in [3.63, 3.8) is 0 Å². The number of likely N-dealkylation sites (N-methyl/N-ethyl adjacent to an activating group) is 1. The number of carbonyl (C=O) groups is 2. The van der Waals surface area contributed by atoms with Gasteiger partial charge in [0.05, 0.1) is 19.2 Å². The summed E-state index contributed by atoms with van der Waals surface area (Å²) in [6, 6.07) is 22.7. The van der Waals surface area contributed by atoms with E-state index < -0.39 is 0 Å². The Balaban J connectivity index is 1.66. The van der Waals surface area contributed by atoms with Gasteiger partial charge in [0, 0.05) is 18.3 Å². The molecule has 0 saturated carbocycles. The van der Waals surface area contributed by atoms with Gasteiger partial charge >= 0.3 is 0 Å². The van der Waals surface area contributed by atoms with Crippen molar-refractivity contribution in [2.45, 2.75) is 13.8 Å². The van der Waals surface area contributed by atoms with Gasteiger partial charge in [0.25, 0.3) is 11.8 Å². The molecule has 0 unspecified atom stereocenters. The highest BCUT2D eigenvalue weighted by atomic mass is 16.5. The normalized spacial score (nSPS) is 13.5. The molecule has 0 radical (unpaired) electrons. The van der Waals surface area contributed by atoms with Crippen LogP contribution in [0.15, 0.2) is 78.5 Å². The lowest BCUT2D eigenvalue weighted by atomic mass is 10.0. The van der Waals surface area contributed by atoms with Crippen LogP contribution in [0.4, 0.5) is 5.69 Å². The average molecular weight is 457 g/mol. The molecule has 0 fully saturated rings. The Kier molecular flexibility index (Phi) is 6.68. The number of amides is 2. The van der Waals surface area contributed by atoms with Gasteiger partial charge in [-0.15, -0.1) is 0 Å². The zero-order valence-corrected chi connectivity index (χ0v) is 19.9. The first-order valence-corrected chi connectivity index (χ1v) is 11.1. The van der Waals surface area contributed by atoms with E-state index in [0.29, 0.717) is 22.6 Å². The third kappa shape index (κ3) is 4.53. The van der Waals surface area contributed by atoms with Gasteiger partial charge in [-0.1, -0.05) is 42.5 Å². The molecule has 0 saturated heterocycles. The summed E-state index contributed by atoms with van der Waals surface area (Å²) in [5.41, 5.74) is 4.20. The summed E-state index contributed by atoms with van der Waals surface area (Å²) in [6.07, 6.45) is 0. The van der Waals surface area contributed by atoms with Gasteiger partial charge in [-0.25, -0.2) is 0 Å². The maximum Gasteiger partial charge on any atom is 0.278 e. The van der Waals surface area contributed by atoms with E-state index in [9.17, 15) is 9.59 Å². The Hall–Kier alpha value is -4.06. The van der Waals surface area contributed by atoms with E-state index in [2.05, 4.69) is 6.07 Å². The lowest BCUT2D eigenvalue weighted by Crippen LogP contribution is -2.37. The molecule has 2 amide bonds. The van der Waals surface area contributed by atoms with Gasteiger partial charge < -0.3 is 14.4 Å². The second kappa shape index (κ2) is 9.83. The standard InChI is InChI=1S/C28H28N2O4/c1-19-16-20(2)18-22(17-19)34-15-14-30-27(31)25(23-12-8-9-13-24(23)33-4)26(28(30)32)29(3)21-10-6-5-7-11-21/h5-13,16-18H,14-15H2,1-4H3. The number of nitrogens with zero attached hydrogens (tertiary/aromatic N) is 2. The number of hydrogen-bond donors (Lipinski definition) is 0. The van der Waals surface area contributed by atoms with Crippen LogP contribution >= 0.6 is 0 Å². The first kappa shape index (κ1) is 23.1. The summed E-state index contributed by atoms with van der Waals surface area (Å²) < 4.78 is 11.4. The maximum atomic E-state index is 13.6. The molecule has 0 N–H and O–H groups in total. The SMILES string of the molecule is COc1ccccc1C1=C(N(C)c2ccccc2)C(=O)N(CCOc2cc(C)cc(C)c2)C1=O. The largest absolute Gasteiger partial charge is 0.496 e. The molecule has 6 nitrogen and oxygen atoms in total. The number of para-hydroxylation sites is 2. The third-order valence-corrected chi connectivity index (χ3v) is 5.78. The molecule has 3 aromatic carbocycles. The Morgan fingerprint density at radius 2 is 1.50 bits per heavy atom. The highest BCUT2D eigenvalue weighted by Crippen LogP contribution is 2.37. The molecular formula is C28H28N2O4. The summed E-state index contributed by atoms with van der Waals surface area (Å²) in [4.78, 5) is 30.2. The minimum absolute atomic E-state index is 0.134. The number of rotatable bonds is 8. The van der Waals surface area contributed by atoms with Crippen molar-refractivity contribution >= 4 is 23.1 Å². The minimum atomic E-state index is -0.365. The van der Waals surface area contributed by atoms with Crippen molar-refractivity contribution in [1.29, 1.82) is 0 Å². The molecule has 6 heteroatoms. The van der Waals surface area contributed by atoms with Crippen molar-refractivity contribution in [1.82, 2.24) is 4.90 Å². The number of methoxy groups -OCH3 is 1. The predicted octanol–water partition coefficient (Wildman–Crippen LogP) is 4.61. The van der Waals surface area contributed by atoms with Crippen LogP contribution in [-0.4, -0.2) is 44.0 Å². The number of carbonyl (C=O) groups excluding carboxylic acids is 2. The van der Waals surface area contributed by atoms with Crippen LogP contribution in [0.5, 0.6) is 11.5 Å². The molecule has 4 rings (SSSR count). The number of ether oxygens (including phenoxy) is 2. The molecule has 1 aliphatic heterocycles. The fourth-order valence-electron chi connectivity index (χ4n) is 4.22. The van der Waals surface area contributed by atoms with Crippen LogP contribution in [0.2, 0.25) is 0 Å². The van der Waals surface area contributed by atoms with Gasteiger partial charge in [0.15, 0.2) is 0 Å². The predicted molar refractivity (Wildman–Crippen MR) is 133 cm³/mol. The summed E-state index contributed by atoms with van der Waals surface area (Å²) >= 11 is 0. The van der Waals surface area contributed by atoms with Crippen molar-refractivity contribution in [2.24, 2.45) is 0 Å². The molecule has 0 aliphatic carbocycles. The van der Waals surface area contributed by atoms with Crippen molar-refractivity contribution in [3.05, 3.63) is 95.2 Å². The minimum Gasteiger partial charge on any atom is -0.496 e. The highest BCUT2D eigenvalue weighted by Gasteiger charge is 2.41. The fraction of sp³-hybridized carbons (Fsp3) is 0.214. The first-order valence-electron chi connectivity index (χ1n) is 11.1. The van der Waals surface area contributed by atoms with E-state index in [-0.39, 0.29) is 25.0 Å². The number of benzene rings is 3. The zero-order valence-electron chi connectivity index (χ0n) is 19.9. The third-order valence-electron chi connectivity index (χ3n) is 5.78. The van der Waals surface area contributed by atoms with E-state index >= 15 is 0 Å². The molecule has 3 aromatic rings. The van der Waals surface area contributed by atoms with Crippen molar-refractivity contribution in [3.8, 4) is 11.5 Å². The monoisotopic (exact) mass is 456 g/mol. The van der Waals surface area contributed by atoms with Gasteiger partial charge in [-0.05, 0) is 55.3 Å². The second-order valence-corrected chi connectivity index (χ2v) is 8.25. The average Bonchev–Trinajstić information content (AvgIpc) is 3.08. The summed E-state index contributed by atoms with van der Waals surface area (Å²) in [7, 11) is 3.34. The van der Waals surface area contributed by atoms with E-state index in [1.54, 1.807) is 31.2 Å². The van der Waals surface area contributed by atoms with E-state index in [1.807, 2.05) is 68.4 Å². The second-order valence-electron chi connectivity index (χ2n) is 8.25. The van der Waals surface area contributed by atoms with Crippen LogP contribution in [-0.2, 0) is 9.59 Å². The van der Waals surface area contributed by atoms with Gasteiger partial charge in [0.1, 0.15) is 23.8 Å². The summed E-state index contributed by atoms with van der Waals surface area (Å²) in [5, 5.41) is 0. The van der Waals surface area contributed by atoms with Gasteiger partial charge in [0.2, 0.25) is 0 Å². The van der Waals surface area contributed by atoms with Crippen LogP contribution in [0, 0.1) is 13.8 Å². The zero-order chi connectivity index (χ0) is 24.2. The Morgan fingerprint density at radius 3 is 2.18 bits per heavy atom. The number of aryl methyl sites for hydroxylation is 2. The van der Waals surface area contributed by atoms with Crippen molar-refractivity contribution in [2.75, 3.05) is 32.2 Å². The molecule has 0 spiro atoms. The molecule has 1 aliphatic rings. The Bertz CT molecular complexity index is 1230. The van der Waals surface area contributed by atoms with Crippen LogP contribution in [0.25, 0.3) is 5.57 Å². The molecule has 0 aromatic heterocycles. The molecule has 174 valence electrons. The maximum absolute atomic E-state index is 13.6. The van der Waals surface area contributed by atoms with Crippen LogP contribution < -0.4 is 14.4 Å². The molecular weight excluding hydrogens is 428 g/mol. The summed E-state index contributed by atoms with van der Waals surface area (Å²) in [5.74, 6) is 0.527. The van der Waals surface area contributed by atoms with E-state index in [0.717, 1.165) is 22.6 Å². The molecule has 1 heterocycles. The van der Waals surface area contributed by atoms with Crippen LogP contribution in [0.1, 0.15) is 16.7 Å².